The summed E-state index contributed by atoms with van der Waals surface area (Å²) in [6.07, 6.45) is 4.14. The normalized spacial score (nSPS) is 12.7. The van der Waals surface area contributed by atoms with E-state index < -0.39 is 5.41 Å². The molecule has 0 radical (unpaired) electrons. The molecule has 42 heavy (non-hydrogen) atoms. The van der Waals surface area contributed by atoms with Gasteiger partial charge in [0.05, 0.1) is 11.1 Å². The number of benzene rings is 4. The van der Waals surface area contributed by atoms with Crippen LogP contribution in [0.5, 0.6) is 5.75 Å². The quantitative estimate of drug-likeness (QED) is 0.250. The predicted octanol–water partition coefficient (Wildman–Crippen LogP) is 5.87. The van der Waals surface area contributed by atoms with Crippen LogP contribution in [0.2, 0.25) is 0 Å². The summed E-state index contributed by atoms with van der Waals surface area (Å²) >= 11 is 1.20. The average Bonchev–Trinajstić information content (AvgIpc) is 3.24. The van der Waals surface area contributed by atoms with Gasteiger partial charge in [-0.15, -0.1) is 11.3 Å². The zero-order chi connectivity index (χ0) is 29.9. The van der Waals surface area contributed by atoms with Gasteiger partial charge in [0.25, 0.3) is 5.56 Å². The molecule has 0 unspecified atom stereocenters. The molecule has 1 heterocycles. The molecule has 1 N–H and O–H groups in total. The van der Waals surface area contributed by atoms with Crippen LogP contribution in [0, 0.1) is 5.41 Å². The van der Waals surface area contributed by atoms with Crippen LogP contribution < -0.4 is 24.8 Å². The molecule has 7 heteroatoms. The largest absolute Gasteiger partial charge is 0.493 e. The molecule has 214 valence electrons. The third-order valence-electron chi connectivity index (χ3n) is 6.93. The zero-order valence-electron chi connectivity index (χ0n) is 24.3. The van der Waals surface area contributed by atoms with E-state index in [0.29, 0.717) is 27.2 Å². The van der Waals surface area contributed by atoms with E-state index in [4.69, 9.17) is 4.74 Å². The minimum Gasteiger partial charge on any atom is -0.493 e. The number of carbonyl (C=O) groups excluding carboxylic acids is 2. The number of Topliss-reactive ketones (excluding diaryl/α,β-unsaturated/α-hetero) is 1. The van der Waals surface area contributed by atoms with Gasteiger partial charge in [0, 0.05) is 22.7 Å². The Hall–Kier alpha value is -4.49. The second-order valence-corrected chi connectivity index (χ2v) is 12.3. The van der Waals surface area contributed by atoms with E-state index in [2.05, 4.69) is 5.32 Å². The summed E-state index contributed by atoms with van der Waals surface area (Å²) in [7, 11) is 0. The number of amides is 1. The summed E-state index contributed by atoms with van der Waals surface area (Å²) in [4.78, 5) is 40.1. The summed E-state index contributed by atoms with van der Waals surface area (Å²) in [6.45, 7) is 7.84. The highest BCUT2D eigenvalue weighted by Crippen LogP contribution is 2.29. The summed E-state index contributed by atoms with van der Waals surface area (Å²) in [6, 6.07) is 25.4. The van der Waals surface area contributed by atoms with Crippen molar-refractivity contribution in [3.8, 4) is 5.75 Å². The van der Waals surface area contributed by atoms with Gasteiger partial charge in [0.2, 0.25) is 5.91 Å². The number of carbonyl (C=O) groups is 2. The summed E-state index contributed by atoms with van der Waals surface area (Å²) in [5.74, 6) is 0.197. The van der Waals surface area contributed by atoms with Crippen molar-refractivity contribution >= 4 is 62.4 Å². The maximum absolute atomic E-state index is 13.8. The number of nitrogens with one attached hydrogen (secondary N) is 1. The zero-order valence-corrected chi connectivity index (χ0v) is 25.1. The molecule has 0 aliphatic rings. The molecule has 0 spiro atoms. The van der Waals surface area contributed by atoms with Crippen LogP contribution in [-0.4, -0.2) is 22.9 Å². The molecule has 6 nitrogen and oxygen atoms in total. The lowest BCUT2D eigenvalue weighted by Gasteiger charge is -2.13. The third kappa shape index (κ3) is 6.37. The molecule has 0 fully saturated rings. The van der Waals surface area contributed by atoms with Crippen molar-refractivity contribution in [2.75, 3.05) is 11.9 Å². The molecular formula is C35H34N2O4S. The molecule has 0 atom stereocenters. The van der Waals surface area contributed by atoms with Crippen LogP contribution in [0.15, 0.2) is 83.7 Å². The van der Waals surface area contributed by atoms with Gasteiger partial charge < -0.3 is 10.1 Å². The van der Waals surface area contributed by atoms with Gasteiger partial charge in [0.15, 0.2) is 5.78 Å². The van der Waals surface area contributed by atoms with Crippen LogP contribution >= 0.6 is 11.3 Å². The van der Waals surface area contributed by atoms with Crippen LogP contribution in [-0.2, 0) is 16.1 Å². The van der Waals surface area contributed by atoms with Crippen LogP contribution in [0.25, 0.3) is 33.7 Å². The molecular weight excluding hydrogens is 544 g/mol. The van der Waals surface area contributed by atoms with Crippen molar-refractivity contribution in [2.24, 2.45) is 5.41 Å². The fourth-order valence-electron chi connectivity index (χ4n) is 4.63. The number of aromatic nitrogens is 1. The van der Waals surface area contributed by atoms with Crippen molar-refractivity contribution in [2.45, 2.75) is 40.7 Å². The van der Waals surface area contributed by atoms with Gasteiger partial charge in [-0.05, 0) is 52.2 Å². The second-order valence-electron chi connectivity index (χ2n) is 11.3. The monoisotopic (exact) mass is 578 g/mol. The number of rotatable bonds is 8. The number of nitrogens with zero attached hydrogens (tertiary/aromatic N) is 1. The van der Waals surface area contributed by atoms with Crippen molar-refractivity contribution in [3.63, 3.8) is 0 Å². The van der Waals surface area contributed by atoms with Crippen molar-refractivity contribution in [3.05, 3.63) is 104 Å². The van der Waals surface area contributed by atoms with E-state index in [9.17, 15) is 14.4 Å². The first-order chi connectivity index (χ1) is 20.1. The Bertz CT molecular complexity index is 1980. The van der Waals surface area contributed by atoms with Gasteiger partial charge in [-0.1, -0.05) is 88.4 Å². The topological polar surface area (TPSA) is 77.4 Å². The van der Waals surface area contributed by atoms with Crippen LogP contribution in [0.1, 0.15) is 39.7 Å². The number of ketones is 1. The van der Waals surface area contributed by atoms with E-state index in [0.717, 1.165) is 33.5 Å². The molecule has 5 rings (SSSR count). The lowest BCUT2D eigenvalue weighted by atomic mass is 9.91. The summed E-state index contributed by atoms with van der Waals surface area (Å²) in [5.41, 5.74) is 0.453. The van der Waals surface area contributed by atoms with Gasteiger partial charge in [0.1, 0.15) is 17.0 Å². The van der Waals surface area contributed by atoms with Gasteiger partial charge in [-0.3, -0.25) is 19.0 Å². The minimum atomic E-state index is -0.640. The van der Waals surface area contributed by atoms with Crippen LogP contribution in [0.4, 0.5) is 5.69 Å². The third-order valence-corrected chi connectivity index (χ3v) is 7.99. The Morgan fingerprint density at radius 3 is 2.36 bits per heavy atom. The Labute approximate surface area is 248 Å². The molecule has 1 amide bonds. The van der Waals surface area contributed by atoms with Crippen molar-refractivity contribution in [1.29, 1.82) is 0 Å². The lowest BCUT2D eigenvalue weighted by molar-refractivity contribution is -0.120. The standard InChI is InChI=1S/C35H34N2O4S/c1-5-18-41-29-17-15-24-11-8-9-13-27(24)28(29)20-30-34(40)37(33(42-30)21-31(38)35(2,3)4)22-32(39)36-26-16-14-23-10-6-7-12-25(23)19-26/h6-17,19-21H,5,18,22H2,1-4H3,(H,36,39)/b30-20-,33-21-. The fraction of sp³-hybridized carbons (Fsp3) is 0.229. The first kappa shape index (κ1) is 29.0. The van der Waals surface area contributed by atoms with E-state index in [1.54, 1.807) is 0 Å². The number of anilines is 1. The number of hydrogen-bond acceptors (Lipinski definition) is 5. The van der Waals surface area contributed by atoms with Gasteiger partial charge >= 0.3 is 0 Å². The highest BCUT2D eigenvalue weighted by atomic mass is 32.1. The van der Waals surface area contributed by atoms with Crippen molar-refractivity contribution < 1.29 is 14.3 Å². The highest BCUT2D eigenvalue weighted by molar-refractivity contribution is 7.07. The minimum absolute atomic E-state index is 0.129. The van der Waals surface area contributed by atoms with Gasteiger partial charge in [-0.2, -0.15) is 0 Å². The smallest absolute Gasteiger partial charge is 0.269 e. The number of ether oxygens (including phenoxy) is 1. The van der Waals surface area contributed by atoms with Crippen molar-refractivity contribution in [1.82, 2.24) is 4.57 Å². The van der Waals surface area contributed by atoms with Crippen LogP contribution in [0.3, 0.4) is 0 Å². The predicted molar refractivity (Wildman–Crippen MR) is 173 cm³/mol. The van der Waals surface area contributed by atoms with Gasteiger partial charge in [-0.25, -0.2) is 0 Å². The maximum Gasteiger partial charge on any atom is 0.269 e. The average molecular weight is 579 g/mol. The molecule has 0 aliphatic carbocycles. The SMILES string of the molecule is CCCOc1ccc2ccccc2c1/C=c1\s/c(=C\C(=O)C(C)(C)C)n(CC(=O)Nc2ccc3ccccc3c2)c1=O. The molecule has 0 saturated carbocycles. The molecule has 4 aromatic carbocycles. The second kappa shape index (κ2) is 12.2. The summed E-state index contributed by atoms with van der Waals surface area (Å²) < 4.78 is 8.28. The molecule has 1 aromatic heterocycles. The van der Waals surface area contributed by atoms with E-state index >= 15 is 0 Å². The molecule has 0 bridgehead atoms. The Morgan fingerprint density at radius 2 is 1.62 bits per heavy atom. The van der Waals surface area contributed by atoms with E-state index in [-0.39, 0.29) is 23.8 Å². The molecule has 0 saturated heterocycles. The number of fused-ring (bicyclic) bond motifs is 2. The molecule has 0 aliphatic heterocycles. The first-order valence-electron chi connectivity index (χ1n) is 14.0. The Morgan fingerprint density at radius 1 is 0.929 bits per heavy atom. The summed E-state index contributed by atoms with van der Waals surface area (Å²) in [5, 5.41) is 6.96. The highest BCUT2D eigenvalue weighted by Gasteiger charge is 2.20. The first-order valence-corrected chi connectivity index (χ1v) is 14.9. The Balaban J connectivity index is 1.60. The molecule has 5 aromatic rings. The number of thiazole rings is 1. The number of hydrogen-bond donors (Lipinski definition) is 1. The fourth-order valence-corrected chi connectivity index (χ4v) is 5.65. The lowest BCUT2D eigenvalue weighted by Crippen LogP contribution is -2.36. The maximum atomic E-state index is 13.8. The van der Waals surface area contributed by atoms with E-state index in [1.165, 1.54) is 22.0 Å². The van der Waals surface area contributed by atoms with E-state index in [1.807, 2.05) is 113 Å². The Kier molecular flexibility index (Phi) is 8.41.